The van der Waals surface area contributed by atoms with Gasteiger partial charge in [-0.3, -0.25) is 19.9 Å². The maximum absolute atomic E-state index is 12.0. The number of imide groups is 1. The largest absolute Gasteiger partial charge is 0.490 e. The Morgan fingerprint density at radius 1 is 1.19 bits per heavy atom. The summed E-state index contributed by atoms with van der Waals surface area (Å²) >= 11 is 0. The van der Waals surface area contributed by atoms with Gasteiger partial charge >= 0.3 is 0 Å². The quantitative estimate of drug-likeness (QED) is 0.671. The summed E-state index contributed by atoms with van der Waals surface area (Å²) in [4.78, 5) is 27.6. The molecule has 1 aromatic carbocycles. The molecule has 8 heteroatoms. The highest BCUT2D eigenvalue weighted by molar-refractivity contribution is 9.03. The molecule has 2 aromatic rings. The zero-order valence-corrected chi connectivity index (χ0v) is 16.8. The van der Waals surface area contributed by atoms with Crippen molar-refractivity contribution in [2.45, 2.75) is 25.2 Å². The minimum atomic E-state index is -1.74. The summed E-state index contributed by atoms with van der Waals surface area (Å²) in [5.41, 5.74) is 2.66. The molecule has 6 nitrogen and oxygen atoms in total. The number of aliphatic hydroxyl groups excluding tert-OH is 1. The second-order valence-corrected chi connectivity index (χ2v) is 12.3. The van der Waals surface area contributed by atoms with Crippen molar-refractivity contribution in [2.24, 2.45) is 0 Å². The Labute approximate surface area is 163 Å². The van der Waals surface area contributed by atoms with Crippen LogP contribution < -0.4 is 10.1 Å². The van der Waals surface area contributed by atoms with Gasteiger partial charge in [0.25, 0.3) is 10.5 Å². The number of nitrogens with zero attached hydrogens (tertiary/aromatic N) is 1. The number of aromatic nitrogens is 1. The highest BCUT2D eigenvalue weighted by atomic mass is 33.2. The van der Waals surface area contributed by atoms with Crippen molar-refractivity contribution < 1.29 is 19.4 Å². The van der Waals surface area contributed by atoms with Crippen LogP contribution >= 0.6 is 19.9 Å². The van der Waals surface area contributed by atoms with Gasteiger partial charge in [0.05, 0.1) is 5.69 Å². The number of carbonyl (C=O) groups is 2. The van der Waals surface area contributed by atoms with Gasteiger partial charge in [0.2, 0.25) is 0 Å². The summed E-state index contributed by atoms with van der Waals surface area (Å²) < 4.78 is 5.65. The Kier molecular flexibility index (Phi) is 6.08. The van der Waals surface area contributed by atoms with Crippen LogP contribution in [0.2, 0.25) is 0 Å². The van der Waals surface area contributed by atoms with E-state index in [2.05, 4.69) is 17.2 Å². The molecule has 0 aliphatic carbocycles. The Hall–Kier alpha value is -2.03. The lowest BCUT2D eigenvalue weighted by Crippen LogP contribution is -2.18. The first-order chi connectivity index (χ1) is 12.9. The van der Waals surface area contributed by atoms with Gasteiger partial charge in [-0.25, -0.2) is 0 Å². The summed E-state index contributed by atoms with van der Waals surface area (Å²) in [6, 6.07) is 11.1. The molecule has 3 rings (SSSR count). The normalized spacial score (nSPS) is 22.8. The van der Waals surface area contributed by atoms with Gasteiger partial charge < -0.3 is 9.84 Å². The molecule has 2 unspecified atom stereocenters. The highest BCUT2D eigenvalue weighted by Gasteiger charge is 2.39. The number of pyridine rings is 1. The topological polar surface area (TPSA) is 88.5 Å². The lowest BCUT2D eigenvalue weighted by atomic mass is 10.2. The fourth-order valence-corrected chi connectivity index (χ4v) is 6.61. The van der Waals surface area contributed by atoms with E-state index >= 15 is 0 Å². The van der Waals surface area contributed by atoms with Crippen molar-refractivity contribution in [3.05, 3.63) is 59.4 Å². The summed E-state index contributed by atoms with van der Waals surface area (Å²) in [5.74, 6) is 1.16. The molecule has 0 saturated carbocycles. The van der Waals surface area contributed by atoms with E-state index in [1.54, 1.807) is 18.3 Å². The van der Waals surface area contributed by atoms with E-state index in [-0.39, 0.29) is 17.1 Å². The van der Waals surface area contributed by atoms with Crippen LogP contribution in [0, 0.1) is 0 Å². The van der Waals surface area contributed by atoms with Gasteiger partial charge in [0.1, 0.15) is 18.5 Å². The molecule has 0 radical (unpaired) electrons. The Bertz CT molecular complexity index is 827. The highest BCUT2D eigenvalue weighted by Crippen LogP contribution is 2.63. The molecule has 27 heavy (non-hydrogen) atoms. The smallest absolute Gasteiger partial charge is 0.295 e. The first kappa shape index (κ1) is 19.7. The zero-order chi connectivity index (χ0) is 19.4. The number of carbonyl (C=O) groups excluding carboxylic acids is 2. The van der Waals surface area contributed by atoms with Crippen molar-refractivity contribution in [1.29, 1.82) is 0 Å². The summed E-state index contributed by atoms with van der Waals surface area (Å²) in [6.45, 7) is 2.16. The first-order valence-electron chi connectivity index (χ1n) is 8.54. The fourth-order valence-electron chi connectivity index (χ4n) is 2.61. The van der Waals surface area contributed by atoms with Gasteiger partial charge in [0.15, 0.2) is 0 Å². The lowest BCUT2D eigenvalue weighted by molar-refractivity contribution is 0.104. The molecular weight excluding hydrogens is 384 g/mol. The molecule has 1 aliphatic heterocycles. The van der Waals surface area contributed by atoms with Gasteiger partial charge in [-0.1, -0.05) is 25.1 Å². The number of hydrogen-bond acceptors (Lipinski definition) is 6. The third-order valence-electron chi connectivity index (χ3n) is 4.23. The van der Waals surface area contributed by atoms with Crippen LogP contribution in [0.25, 0.3) is 0 Å². The van der Waals surface area contributed by atoms with Crippen molar-refractivity contribution in [1.82, 2.24) is 10.3 Å². The zero-order valence-electron chi connectivity index (χ0n) is 15.2. The Morgan fingerprint density at radius 3 is 2.44 bits per heavy atom. The van der Waals surface area contributed by atoms with Crippen molar-refractivity contribution >= 4 is 30.3 Å². The minimum absolute atomic E-state index is 0.105. The van der Waals surface area contributed by atoms with E-state index in [1.165, 1.54) is 0 Å². The summed E-state index contributed by atoms with van der Waals surface area (Å²) in [7, 11) is -0.635. The number of ether oxygens (including phenoxy) is 1. The van der Waals surface area contributed by atoms with Gasteiger partial charge in [-0.2, -0.15) is 0 Å². The fraction of sp³-hybridized carbons (Fsp3) is 0.316. The van der Waals surface area contributed by atoms with Crippen LogP contribution in [0.4, 0.5) is 9.59 Å². The third-order valence-corrected chi connectivity index (χ3v) is 8.98. The second-order valence-electron chi connectivity index (χ2n) is 6.35. The molecule has 2 heterocycles. The number of aliphatic hydroxyl groups is 1. The van der Waals surface area contributed by atoms with Crippen LogP contribution in [0.15, 0.2) is 42.6 Å². The molecule has 0 bridgehead atoms. The molecule has 2 amide bonds. The number of rotatable bonds is 7. The molecule has 0 spiro atoms. The van der Waals surface area contributed by atoms with Crippen molar-refractivity contribution in [3.63, 3.8) is 0 Å². The number of aryl methyl sites for hydroxylation is 1. The van der Waals surface area contributed by atoms with Crippen LogP contribution in [-0.2, 0) is 12.2 Å². The molecule has 1 aromatic heterocycles. The average Bonchev–Trinajstić information content (AvgIpc) is 2.92. The van der Waals surface area contributed by atoms with Gasteiger partial charge in [0, 0.05) is 11.9 Å². The maximum atomic E-state index is 12.0. The van der Waals surface area contributed by atoms with Crippen LogP contribution in [0.3, 0.4) is 0 Å². The van der Waals surface area contributed by atoms with E-state index in [0.717, 1.165) is 28.3 Å². The molecule has 1 aliphatic rings. The van der Waals surface area contributed by atoms with Crippen molar-refractivity contribution in [3.8, 4) is 5.75 Å². The van der Waals surface area contributed by atoms with E-state index in [1.807, 2.05) is 30.5 Å². The number of benzene rings is 1. The summed E-state index contributed by atoms with van der Waals surface area (Å²) in [6.07, 6.45) is 3.71. The van der Waals surface area contributed by atoms with E-state index in [9.17, 15) is 14.7 Å². The SMILES string of the molecule is CCc1ccc(C(O)COc2ccc(CS3(C)SC(=O)NC3=O)cc2)nc1. The third kappa shape index (κ3) is 4.82. The predicted molar refractivity (Wildman–Crippen MR) is 109 cm³/mol. The monoisotopic (exact) mass is 406 g/mol. The van der Waals surface area contributed by atoms with E-state index < -0.39 is 15.2 Å². The van der Waals surface area contributed by atoms with Crippen molar-refractivity contribution in [2.75, 3.05) is 12.9 Å². The standard InChI is InChI=1S/C19H22N2O4S2/c1-3-13-6-9-16(20-10-13)17(22)11-25-15-7-4-14(5-8-15)12-27(2)19(24)21-18(23)26-27/h4-10,17,22H,3,11-12H2,1-2H3,(H,21,23,24). The molecular formula is C19H22N2O4S2. The van der Waals surface area contributed by atoms with Crippen LogP contribution in [0.1, 0.15) is 29.8 Å². The van der Waals surface area contributed by atoms with Crippen LogP contribution in [0.5, 0.6) is 5.75 Å². The first-order valence-corrected chi connectivity index (χ1v) is 12.1. The number of hydrogen-bond donors (Lipinski definition) is 2. The van der Waals surface area contributed by atoms with Gasteiger partial charge in [-0.15, -0.1) is 9.06 Å². The predicted octanol–water partition coefficient (Wildman–Crippen LogP) is 4.18. The van der Waals surface area contributed by atoms with E-state index in [0.29, 0.717) is 17.2 Å². The van der Waals surface area contributed by atoms with Gasteiger partial charge in [-0.05, 0) is 52.8 Å². The number of nitrogens with one attached hydrogen (secondary N) is 1. The maximum Gasteiger partial charge on any atom is 0.295 e. The van der Waals surface area contributed by atoms with Crippen LogP contribution in [-0.4, -0.2) is 33.4 Å². The molecule has 1 saturated heterocycles. The summed E-state index contributed by atoms with van der Waals surface area (Å²) in [5, 5.41) is 12.1. The second kappa shape index (κ2) is 8.33. The molecule has 2 atom stereocenters. The lowest BCUT2D eigenvalue weighted by Gasteiger charge is -2.24. The minimum Gasteiger partial charge on any atom is -0.490 e. The Morgan fingerprint density at radius 2 is 1.89 bits per heavy atom. The Balaban J connectivity index is 1.56. The number of amides is 2. The average molecular weight is 407 g/mol. The van der Waals surface area contributed by atoms with E-state index in [4.69, 9.17) is 4.74 Å². The molecule has 144 valence electrons. The molecule has 2 N–H and O–H groups in total. The molecule has 1 fully saturated rings.